The fraction of sp³-hybridized carbons (Fsp3) is 0.500. The largest absolute Gasteiger partial charge is 0.259 e. The molecule has 3 heteroatoms. The standard InChI is InChI=1S/C14H19NOS/c1-11(2)12(3)17(16)10-14(9-15)13-7-5-4-6-8-13/h4-8,11-12,14H,10H2,1-3H3. The van der Waals surface area contributed by atoms with Gasteiger partial charge in [-0.25, -0.2) is 0 Å². The molecular formula is C14H19NOS. The highest BCUT2D eigenvalue weighted by atomic mass is 32.2. The van der Waals surface area contributed by atoms with Crippen LogP contribution in [-0.4, -0.2) is 15.2 Å². The molecule has 0 aliphatic heterocycles. The Morgan fingerprint density at radius 2 is 1.82 bits per heavy atom. The second-order valence-corrected chi connectivity index (χ2v) is 6.43. The SMILES string of the molecule is CC(C)C(C)S(=O)CC(C#N)c1ccccc1. The van der Waals surface area contributed by atoms with E-state index in [1.807, 2.05) is 37.3 Å². The molecule has 0 saturated carbocycles. The van der Waals surface area contributed by atoms with Crippen molar-refractivity contribution >= 4 is 10.8 Å². The molecule has 3 unspecified atom stereocenters. The summed E-state index contributed by atoms with van der Waals surface area (Å²) in [7, 11) is -0.948. The molecule has 0 radical (unpaired) electrons. The molecule has 1 aromatic carbocycles. The lowest BCUT2D eigenvalue weighted by Crippen LogP contribution is -2.22. The quantitative estimate of drug-likeness (QED) is 0.804. The van der Waals surface area contributed by atoms with Crippen molar-refractivity contribution < 1.29 is 4.21 Å². The van der Waals surface area contributed by atoms with Gasteiger partial charge in [-0.05, 0) is 11.5 Å². The lowest BCUT2D eigenvalue weighted by Gasteiger charge is -2.17. The minimum absolute atomic E-state index is 0.134. The zero-order valence-corrected chi connectivity index (χ0v) is 11.4. The Balaban J connectivity index is 2.73. The van der Waals surface area contributed by atoms with Gasteiger partial charge in [0, 0.05) is 21.8 Å². The molecule has 0 spiro atoms. The third-order valence-corrected chi connectivity index (χ3v) is 5.08. The first-order valence-electron chi connectivity index (χ1n) is 5.88. The second-order valence-electron chi connectivity index (χ2n) is 4.59. The van der Waals surface area contributed by atoms with Crippen LogP contribution in [0.3, 0.4) is 0 Å². The third kappa shape index (κ3) is 3.98. The van der Waals surface area contributed by atoms with E-state index in [2.05, 4.69) is 19.9 Å². The summed E-state index contributed by atoms with van der Waals surface area (Å²) in [6, 6.07) is 11.8. The summed E-state index contributed by atoms with van der Waals surface area (Å²) < 4.78 is 12.1. The number of nitrogens with zero attached hydrogens (tertiary/aromatic N) is 1. The van der Waals surface area contributed by atoms with Crippen molar-refractivity contribution in [1.29, 1.82) is 5.26 Å². The molecule has 0 N–H and O–H groups in total. The predicted molar refractivity (Wildman–Crippen MR) is 72.1 cm³/mol. The van der Waals surface area contributed by atoms with Crippen molar-refractivity contribution in [3.05, 3.63) is 35.9 Å². The monoisotopic (exact) mass is 249 g/mol. The topological polar surface area (TPSA) is 40.9 Å². The van der Waals surface area contributed by atoms with E-state index < -0.39 is 10.8 Å². The van der Waals surface area contributed by atoms with E-state index in [4.69, 9.17) is 5.26 Å². The molecule has 0 fully saturated rings. The van der Waals surface area contributed by atoms with E-state index in [-0.39, 0.29) is 11.2 Å². The molecule has 0 heterocycles. The van der Waals surface area contributed by atoms with Crippen molar-refractivity contribution in [3.8, 4) is 6.07 Å². The second kappa shape index (κ2) is 6.56. The number of nitriles is 1. The predicted octanol–water partition coefficient (Wildman–Crippen LogP) is 3.09. The smallest absolute Gasteiger partial charge is 0.0827 e. The molecule has 2 nitrogen and oxygen atoms in total. The van der Waals surface area contributed by atoms with Crippen molar-refractivity contribution in [2.75, 3.05) is 5.75 Å². The van der Waals surface area contributed by atoms with Crippen LogP contribution in [0.15, 0.2) is 30.3 Å². The summed E-state index contributed by atoms with van der Waals surface area (Å²) in [5, 5.41) is 9.30. The maximum atomic E-state index is 12.1. The highest BCUT2D eigenvalue weighted by Gasteiger charge is 2.20. The van der Waals surface area contributed by atoms with Crippen LogP contribution >= 0.6 is 0 Å². The highest BCUT2D eigenvalue weighted by Crippen LogP contribution is 2.19. The van der Waals surface area contributed by atoms with Gasteiger partial charge in [-0.1, -0.05) is 51.1 Å². The van der Waals surface area contributed by atoms with Crippen molar-refractivity contribution in [2.24, 2.45) is 5.92 Å². The first-order valence-corrected chi connectivity index (χ1v) is 7.26. The van der Waals surface area contributed by atoms with E-state index in [1.54, 1.807) is 0 Å². The summed E-state index contributed by atoms with van der Waals surface area (Å²) in [6.45, 7) is 6.11. The van der Waals surface area contributed by atoms with Gasteiger partial charge >= 0.3 is 0 Å². The maximum Gasteiger partial charge on any atom is 0.0827 e. The van der Waals surface area contributed by atoms with Gasteiger partial charge in [-0.2, -0.15) is 5.26 Å². The molecule has 0 aliphatic rings. The normalized spacial score (nSPS) is 16.2. The summed E-state index contributed by atoms with van der Waals surface area (Å²) >= 11 is 0. The lowest BCUT2D eigenvalue weighted by molar-refractivity contribution is 0.604. The van der Waals surface area contributed by atoms with Gasteiger partial charge in [0.15, 0.2) is 0 Å². The minimum Gasteiger partial charge on any atom is -0.259 e. The fourth-order valence-electron chi connectivity index (χ4n) is 1.51. The van der Waals surface area contributed by atoms with Crippen LogP contribution in [0.4, 0.5) is 0 Å². The van der Waals surface area contributed by atoms with Crippen molar-refractivity contribution in [1.82, 2.24) is 0 Å². The third-order valence-electron chi connectivity index (χ3n) is 3.04. The maximum absolute atomic E-state index is 12.1. The summed E-state index contributed by atoms with van der Waals surface area (Å²) in [4.78, 5) is 0. The van der Waals surface area contributed by atoms with Crippen LogP contribution in [0, 0.1) is 17.2 Å². The van der Waals surface area contributed by atoms with Crippen molar-refractivity contribution in [3.63, 3.8) is 0 Å². The van der Waals surface area contributed by atoms with Gasteiger partial charge in [0.2, 0.25) is 0 Å². The first kappa shape index (κ1) is 13.9. The molecule has 1 aromatic rings. The van der Waals surface area contributed by atoms with Gasteiger partial charge in [-0.15, -0.1) is 0 Å². The molecule has 0 aliphatic carbocycles. The van der Waals surface area contributed by atoms with Gasteiger partial charge in [0.25, 0.3) is 0 Å². The van der Waals surface area contributed by atoms with Crippen LogP contribution in [-0.2, 0) is 10.8 Å². The Kier molecular flexibility index (Phi) is 5.37. The number of hydrogen-bond donors (Lipinski definition) is 0. The summed E-state index contributed by atoms with van der Waals surface area (Å²) in [6.07, 6.45) is 0. The molecule has 92 valence electrons. The first-order chi connectivity index (χ1) is 8.06. The van der Waals surface area contributed by atoms with Gasteiger partial charge in [-0.3, -0.25) is 4.21 Å². The van der Waals surface area contributed by atoms with Crippen LogP contribution < -0.4 is 0 Å². The van der Waals surface area contributed by atoms with Crippen molar-refractivity contribution in [2.45, 2.75) is 31.9 Å². The Hall–Kier alpha value is -1.14. The van der Waals surface area contributed by atoms with E-state index in [0.717, 1.165) is 5.56 Å². The van der Waals surface area contributed by atoms with Gasteiger partial charge in [0.05, 0.1) is 12.0 Å². The zero-order chi connectivity index (χ0) is 12.8. The Morgan fingerprint density at radius 3 is 2.29 bits per heavy atom. The number of hydrogen-bond acceptors (Lipinski definition) is 2. The lowest BCUT2D eigenvalue weighted by atomic mass is 10.0. The number of rotatable bonds is 5. The van der Waals surface area contributed by atoms with E-state index in [0.29, 0.717) is 11.7 Å². The minimum atomic E-state index is -0.948. The Morgan fingerprint density at radius 1 is 1.24 bits per heavy atom. The van der Waals surface area contributed by atoms with E-state index in [1.165, 1.54) is 0 Å². The average molecular weight is 249 g/mol. The fourth-order valence-corrected chi connectivity index (χ4v) is 3.02. The Labute approximate surface area is 106 Å². The highest BCUT2D eigenvalue weighted by molar-refractivity contribution is 7.85. The molecule has 17 heavy (non-hydrogen) atoms. The number of benzene rings is 1. The van der Waals surface area contributed by atoms with Crippen LogP contribution in [0.25, 0.3) is 0 Å². The Bertz CT molecular complexity index is 408. The average Bonchev–Trinajstić information content (AvgIpc) is 2.35. The van der Waals surface area contributed by atoms with E-state index in [9.17, 15) is 4.21 Å². The molecular weight excluding hydrogens is 230 g/mol. The molecule has 0 saturated heterocycles. The van der Waals surface area contributed by atoms with E-state index >= 15 is 0 Å². The molecule has 1 rings (SSSR count). The van der Waals surface area contributed by atoms with Crippen LogP contribution in [0.5, 0.6) is 0 Å². The van der Waals surface area contributed by atoms with Gasteiger partial charge in [0.1, 0.15) is 0 Å². The molecule has 0 amide bonds. The molecule has 0 aromatic heterocycles. The summed E-state index contributed by atoms with van der Waals surface area (Å²) in [5.41, 5.74) is 0.958. The summed E-state index contributed by atoms with van der Waals surface area (Å²) in [5.74, 6) is 0.545. The molecule has 3 atom stereocenters. The van der Waals surface area contributed by atoms with Crippen LogP contribution in [0.2, 0.25) is 0 Å². The molecule has 0 bridgehead atoms. The zero-order valence-electron chi connectivity index (χ0n) is 10.6. The van der Waals surface area contributed by atoms with Gasteiger partial charge < -0.3 is 0 Å². The van der Waals surface area contributed by atoms with Crippen LogP contribution in [0.1, 0.15) is 32.3 Å².